The van der Waals surface area contributed by atoms with Gasteiger partial charge in [-0.25, -0.2) is 10.8 Å². The first-order valence-electron chi connectivity index (χ1n) is 6.64. The second-order valence-corrected chi connectivity index (χ2v) is 4.93. The molecule has 1 aliphatic heterocycles. The average Bonchev–Trinajstić information content (AvgIpc) is 2.47. The van der Waals surface area contributed by atoms with Gasteiger partial charge in [-0.1, -0.05) is 6.92 Å². The molecule has 8 heteroatoms. The molecule has 0 saturated carbocycles. The number of aromatic nitrogens is 1. The number of nitrogens with two attached hydrogens (primary N) is 1. The maximum atomic E-state index is 11.2. The number of hydrazine groups is 1. The van der Waals surface area contributed by atoms with Gasteiger partial charge in [0.25, 0.3) is 0 Å². The van der Waals surface area contributed by atoms with Crippen molar-refractivity contribution in [3.05, 3.63) is 22.2 Å². The number of hydrogen-bond acceptors (Lipinski definition) is 7. The summed E-state index contributed by atoms with van der Waals surface area (Å²) in [6.07, 6.45) is 0.996. The van der Waals surface area contributed by atoms with Crippen molar-refractivity contribution in [2.75, 3.05) is 37.0 Å². The van der Waals surface area contributed by atoms with E-state index in [4.69, 9.17) is 5.84 Å². The summed E-state index contributed by atoms with van der Waals surface area (Å²) in [5, 5.41) is 11.2. The Morgan fingerprint density at radius 1 is 1.55 bits per heavy atom. The number of nitrogen functional groups attached to an aromatic ring is 1. The number of rotatable bonds is 4. The molecule has 0 radical (unpaired) electrons. The van der Waals surface area contributed by atoms with E-state index in [-0.39, 0.29) is 5.69 Å². The predicted molar refractivity (Wildman–Crippen MR) is 77.6 cm³/mol. The minimum absolute atomic E-state index is 0.0170. The average molecular weight is 280 g/mol. The van der Waals surface area contributed by atoms with Gasteiger partial charge in [-0.05, 0) is 19.5 Å². The van der Waals surface area contributed by atoms with Gasteiger partial charge in [0.1, 0.15) is 5.82 Å². The topological polar surface area (TPSA) is 101 Å². The summed E-state index contributed by atoms with van der Waals surface area (Å²) in [4.78, 5) is 19.3. The zero-order valence-electron chi connectivity index (χ0n) is 11.7. The molecule has 0 amide bonds. The molecule has 0 spiro atoms. The van der Waals surface area contributed by atoms with Crippen molar-refractivity contribution in [2.24, 2.45) is 5.84 Å². The van der Waals surface area contributed by atoms with Crippen molar-refractivity contribution in [1.29, 1.82) is 0 Å². The zero-order valence-corrected chi connectivity index (χ0v) is 11.7. The van der Waals surface area contributed by atoms with E-state index in [1.54, 1.807) is 0 Å². The number of piperazine rings is 1. The number of nitro groups is 1. The summed E-state index contributed by atoms with van der Waals surface area (Å²) < 4.78 is 0. The summed E-state index contributed by atoms with van der Waals surface area (Å²) in [5.74, 6) is 6.16. The molecule has 110 valence electrons. The minimum atomic E-state index is -0.401. The Hall–Kier alpha value is -1.93. The Kier molecular flexibility index (Phi) is 4.35. The number of nitrogens with one attached hydrogen (secondary N) is 1. The van der Waals surface area contributed by atoms with Gasteiger partial charge in [0.2, 0.25) is 5.82 Å². The monoisotopic (exact) mass is 280 g/mol. The molecule has 1 unspecified atom stereocenters. The van der Waals surface area contributed by atoms with E-state index in [9.17, 15) is 10.1 Å². The number of pyridine rings is 1. The van der Waals surface area contributed by atoms with Gasteiger partial charge < -0.3 is 10.3 Å². The molecule has 1 atom stereocenters. The number of anilines is 2. The van der Waals surface area contributed by atoms with Crippen LogP contribution in [0.2, 0.25) is 0 Å². The highest BCUT2D eigenvalue weighted by molar-refractivity contribution is 5.62. The largest absolute Gasteiger partial charge is 0.348 e. The molecule has 1 aromatic heterocycles. The fourth-order valence-electron chi connectivity index (χ4n) is 2.48. The highest BCUT2D eigenvalue weighted by Crippen LogP contribution is 2.29. The Morgan fingerprint density at radius 3 is 2.90 bits per heavy atom. The van der Waals surface area contributed by atoms with Gasteiger partial charge in [0, 0.05) is 31.7 Å². The number of likely N-dealkylation sites (N-methyl/N-ethyl adjacent to an activating group) is 1. The van der Waals surface area contributed by atoms with Crippen LogP contribution in [0.1, 0.15) is 13.3 Å². The van der Waals surface area contributed by atoms with Crippen LogP contribution in [0.5, 0.6) is 0 Å². The zero-order chi connectivity index (χ0) is 14.7. The normalized spacial score (nSPS) is 19.9. The van der Waals surface area contributed by atoms with E-state index in [1.807, 2.05) is 4.90 Å². The van der Waals surface area contributed by atoms with E-state index in [1.165, 1.54) is 12.1 Å². The lowest BCUT2D eigenvalue weighted by atomic mass is 10.1. The van der Waals surface area contributed by atoms with Gasteiger partial charge in [0.05, 0.1) is 4.92 Å². The summed E-state index contributed by atoms with van der Waals surface area (Å²) in [5.41, 5.74) is 2.45. The van der Waals surface area contributed by atoms with Crippen molar-refractivity contribution in [3.63, 3.8) is 0 Å². The van der Waals surface area contributed by atoms with Crippen LogP contribution in [-0.2, 0) is 0 Å². The van der Waals surface area contributed by atoms with Crippen LogP contribution in [0.4, 0.5) is 17.3 Å². The summed E-state index contributed by atoms with van der Waals surface area (Å²) >= 11 is 0. The third-order valence-corrected chi connectivity index (χ3v) is 3.75. The fourth-order valence-corrected chi connectivity index (χ4v) is 2.48. The SMILES string of the molecule is CCC1CN(c2nc(NN)ccc2[N+](=O)[O-])CCN1C. The summed E-state index contributed by atoms with van der Waals surface area (Å²) in [7, 11) is 2.07. The lowest BCUT2D eigenvalue weighted by molar-refractivity contribution is -0.384. The van der Waals surface area contributed by atoms with Gasteiger partial charge in [0.15, 0.2) is 0 Å². The first-order chi connectivity index (χ1) is 9.56. The second-order valence-electron chi connectivity index (χ2n) is 4.93. The van der Waals surface area contributed by atoms with Crippen molar-refractivity contribution in [1.82, 2.24) is 9.88 Å². The van der Waals surface area contributed by atoms with Gasteiger partial charge in [-0.15, -0.1) is 0 Å². The molecule has 0 aliphatic carbocycles. The molecule has 1 saturated heterocycles. The molecular weight excluding hydrogens is 260 g/mol. The number of hydrogen-bond donors (Lipinski definition) is 2. The Morgan fingerprint density at radius 2 is 2.30 bits per heavy atom. The van der Waals surface area contributed by atoms with Crippen LogP contribution < -0.4 is 16.2 Å². The summed E-state index contributed by atoms with van der Waals surface area (Å²) in [6.45, 7) is 4.42. The maximum absolute atomic E-state index is 11.2. The molecule has 2 heterocycles. The molecule has 1 fully saturated rings. The molecule has 3 N–H and O–H groups in total. The lowest BCUT2D eigenvalue weighted by Gasteiger charge is -2.39. The van der Waals surface area contributed by atoms with Gasteiger partial charge in [-0.3, -0.25) is 15.0 Å². The highest BCUT2D eigenvalue weighted by atomic mass is 16.6. The van der Waals surface area contributed by atoms with Crippen LogP contribution in [0, 0.1) is 10.1 Å². The number of nitrogens with zero attached hydrogens (tertiary/aromatic N) is 4. The molecule has 0 aromatic carbocycles. The van der Waals surface area contributed by atoms with Crippen LogP contribution in [0.25, 0.3) is 0 Å². The maximum Gasteiger partial charge on any atom is 0.311 e. The predicted octanol–water partition coefficient (Wildman–Crippen LogP) is 0.806. The minimum Gasteiger partial charge on any atom is -0.348 e. The quantitative estimate of drug-likeness (QED) is 0.478. The molecule has 8 nitrogen and oxygen atoms in total. The van der Waals surface area contributed by atoms with E-state index in [0.29, 0.717) is 17.7 Å². The van der Waals surface area contributed by atoms with Crippen molar-refractivity contribution < 1.29 is 4.92 Å². The molecule has 20 heavy (non-hydrogen) atoms. The molecular formula is C12H20N6O2. The van der Waals surface area contributed by atoms with Crippen molar-refractivity contribution in [3.8, 4) is 0 Å². The Labute approximate surface area is 117 Å². The summed E-state index contributed by atoms with van der Waals surface area (Å²) in [6, 6.07) is 3.32. The van der Waals surface area contributed by atoms with E-state index in [0.717, 1.165) is 26.1 Å². The van der Waals surface area contributed by atoms with Crippen LogP contribution in [0.3, 0.4) is 0 Å². The van der Waals surface area contributed by atoms with Crippen molar-refractivity contribution in [2.45, 2.75) is 19.4 Å². The Balaban J connectivity index is 2.32. The van der Waals surface area contributed by atoms with Gasteiger partial charge in [-0.2, -0.15) is 0 Å². The first-order valence-corrected chi connectivity index (χ1v) is 6.64. The standard InChI is InChI=1S/C12H20N6O2/c1-3-9-8-17(7-6-16(9)2)12-10(18(19)20)4-5-11(14-12)15-13/h4-5,9H,3,6-8,13H2,1-2H3,(H,14,15). The third kappa shape index (κ3) is 2.81. The van der Waals surface area contributed by atoms with Gasteiger partial charge >= 0.3 is 5.69 Å². The second kappa shape index (κ2) is 6.02. The van der Waals surface area contributed by atoms with Crippen LogP contribution >= 0.6 is 0 Å². The van der Waals surface area contributed by atoms with E-state index in [2.05, 4.69) is 29.3 Å². The smallest absolute Gasteiger partial charge is 0.311 e. The molecule has 1 aromatic rings. The fraction of sp³-hybridized carbons (Fsp3) is 0.583. The Bertz CT molecular complexity index is 495. The molecule has 2 rings (SSSR count). The van der Waals surface area contributed by atoms with E-state index >= 15 is 0 Å². The van der Waals surface area contributed by atoms with Crippen LogP contribution in [-0.4, -0.2) is 47.5 Å². The van der Waals surface area contributed by atoms with Crippen LogP contribution in [0.15, 0.2) is 12.1 Å². The molecule has 1 aliphatic rings. The third-order valence-electron chi connectivity index (χ3n) is 3.75. The highest BCUT2D eigenvalue weighted by Gasteiger charge is 2.28. The van der Waals surface area contributed by atoms with E-state index < -0.39 is 4.92 Å². The van der Waals surface area contributed by atoms with Crippen molar-refractivity contribution >= 4 is 17.3 Å². The first kappa shape index (κ1) is 14.5. The lowest BCUT2D eigenvalue weighted by Crippen LogP contribution is -2.51. The molecule has 0 bridgehead atoms.